The highest BCUT2D eigenvalue weighted by molar-refractivity contribution is 7.99. The zero-order chi connectivity index (χ0) is 14.7. The second kappa shape index (κ2) is 6.81. The van der Waals surface area contributed by atoms with Gasteiger partial charge in [0, 0.05) is 28.5 Å². The summed E-state index contributed by atoms with van der Waals surface area (Å²) in [5.41, 5.74) is 1.34. The van der Waals surface area contributed by atoms with E-state index in [2.05, 4.69) is 34.5 Å². The van der Waals surface area contributed by atoms with Crippen LogP contribution in [0.3, 0.4) is 0 Å². The number of hydrogen-bond acceptors (Lipinski definition) is 4. The fraction of sp³-hybridized carbons (Fsp3) is 0.467. The molecule has 0 saturated heterocycles. The van der Waals surface area contributed by atoms with Gasteiger partial charge in [-0.25, -0.2) is 4.98 Å². The van der Waals surface area contributed by atoms with Gasteiger partial charge in [0.05, 0.1) is 0 Å². The lowest BCUT2D eigenvalue weighted by Crippen LogP contribution is -2.33. The van der Waals surface area contributed by atoms with Gasteiger partial charge in [0.15, 0.2) is 0 Å². The van der Waals surface area contributed by atoms with Crippen LogP contribution in [0.1, 0.15) is 31.4 Å². The number of aryl methyl sites for hydroxylation is 1. The lowest BCUT2D eigenvalue weighted by atomic mass is 10.0. The van der Waals surface area contributed by atoms with Crippen molar-refractivity contribution in [3.05, 3.63) is 41.4 Å². The molecule has 4 nitrogen and oxygen atoms in total. The van der Waals surface area contributed by atoms with Gasteiger partial charge in [-0.3, -0.25) is 4.68 Å². The van der Waals surface area contributed by atoms with E-state index in [-0.39, 0.29) is 0 Å². The van der Waals surface area contributed by atoms with Gasteiger partial charge >= 0.3 is 0 Å². The van der Waals surface area contributed by atoms with Crippen LogP contribution in [0.15, 0.2) is 35.7 Å². The maximum absolute atomic E-state index is 6.15. The van der Waals surface area contributed by atoms with Crippen molar-refractivity contribution >= 4 is 23.4 Å². The Kier molecular flexibility index (Phi) is 4.83. The summed E-state index contributed by atoms with van der Waals surface area (Å²) in [7, 11) is 0. The Morgan fingerprint density at radius 2 is 2.43 bits per heavy atom. The van der Waals surface area contributed by atoms with E-state index in [0.717, 1.165) is 30.2 Å². The number of benzene rings is 1. The van der Waals surface area contributed by atoms with Crippen molar-refractivity contribution in [1.82, 2.24) is 20.1 Å². The summed E-state index contributed by atoms with van der Waals surface area (Å²) in [5.74, 6) is 1.15. The maximum Gasteiger partial charge on any atom is 0.137 e. The van der Waals surface area contributed by atoms with Gasteiger partial charge in [-0.2, -0.15) is 5.10 Å². The van der Waals surface area contributed by atoms with Crippen molar-refractivity contribution in [3.8, 4) is 0 Å². The first-order valence-corrected chi connectivity index (χ1v) is 8.59. The summed E-state index contributed by atoms with van der Waals surface area (Å²) < 4.78 is 1.87. The Morgan fingerprint density at radius 3 is 3.24 bits per heavy atom. The highest BCUT2D eigenvalue weighted by Crippen LogP contribution is 2.37. The first kappa shape index (κ1) is 14.9. The molecule has 21 heavy (non-hydrogen) atoms. The zero-order valence-electron chi connectivity index (χ0n) is 12.0. The quantitative estimate of drug-likeness (QED) is 0.914. The Hall–Kier alpha value is -1.04. The largest absolute Gasteiger partial charge is 0.307 e. The SMILES string of the molecule is C[C@@H](CCn1cncn1)N[C@@H]1CCSc2ccc(Cl)cc21. The second-order valence-corrected chi connectivity index (χ2v) is 6.96. The molecule has 112 valence electrons. The second-order valence-electron chi connectivity index (χ2n) is 5.39. The van der Waals surface area contributed by atoms with Crippen LogP contribution in [-0.2, 0) is 6.54 Å². The summed E-state index contributed by atoms with van der Waals surface area (Å²) in [6, 6.07) is 7.03. The van der Waals surface area contributed by atoms with Crippen LogP contribution in [-0.4, -0.2) is 26.6 Å². The molecule has 0 bridgehead atoms. The number of nitrogens with zero attached hydrogens (tertiary/aromatic N) is 3. The Morgan fingerprint density at radius 1 is 1.52 bits per heavy atom. The van der Waals surface area contributed by atoms with Gasteiger partial charge < -0.3 is 5.32 Å². The third kappa shape index (κ3) is 3.78. The predicted octanol–water partition coefficient (Wildman–Crippen LogP) is 3.54. The lowest BCUT2D eigenvalue weighted by molar-refractivity contribution is 0.397. The molecule has 0 aliphatic carbocycles. The van der Waals surface area contributed by atoms with E-state index in [9.17, 15) is 0 Å². The molecule has 2 heterocycles. The number of hydrogen-bond donors (Lipinski definition) is 1. The number of aromatic nitrogens is 3. The molecule has 1 N–H and O–H groups in total. The van der Waals surface area contributed by atoms with Crippen molar-refractivity contribution in [3.63, 3.8) is 0 Å². The summed E-state index contributed by atoms with van der Waals surface area (Å²) in [6.07, 6.45) is 5.52. The fourth-order valence-electron chi connectivity index (χ4n) is 2.64. The minimum absolute atomic E-state index is 0.394. The molecular formula is C15H19ClN4S. The van der Waals surface area contributed by atoms with E-state index in [4.69, 9.17) is 11.6 Å². The number of thioether (sulfide) groups is 1. The van der Waals surface area contributed by atoms with Gasteiger partial charge in [-0.1, -0.05) is 11.6 Å². The van der Waals surface area contributed by atoms with E-state index in [1.807, 2.05) is 22.5 Å². The molecule has 2 aromatic rings. The highest BCUT2D eigenvalue weighted by atomic mass is 35.5. The standard InChI is InChI=1S/C15H19ClN4S/c1-11(4-6-20-10-17-9-18-20)19-14-5-7-21-15-3-2-12(16)8-13(14)15/h2-3,8-11,14,19H,4-7H2,1H3/t11-,14+/m0/s1. The molecular weight excluding hydrogens is 304 g/mol. The average Bonchev–Trinajstić information content (AvgIpc) is 2.99. The molecule has 1 aromatic heterocycles. The third-order valence-corrected chi connectivity index (χ3v) is 5.11. The van der Waals surface area contributed by atoms with E-state index >= 15 is 0 Å². The first-order chi connectivity index (χ1) is 10.2. The van der Waals surface area contributed by atoms with Crippen LogP contribution in [0.25, 0.3) is 0 Å². The minimum atomic E-state index is 0.394. The molecule has 1 aliphatic heterocycles. The van der Waals surface area contributed by atoms with Crippen molar-refractivity contribution in [2.45, 2.75) is 43.3 Å². The summed E-state index contributed by atoms with van der Waals surface area (Å²) in [5, 5.41) is 8.69. The zero-order valence-corrected chi connectivity index (χ0v) is 13.6. The van der Waals surface area contributed by atoms with Gasteiger partial charge in [0.25, 0.3) is 0 Å². The number of fused-ring (bicyclic) bond motifs is 1. The Balaban J connectivity index is 1.61. The molecule has 0 unspecified atom stereocenters. The van der Waals surface area contributed by atoms with E-state index in [1.54, 1.807) is 12.7 Å². The van der Waals surface area contributed by atoms with Crippen LogP contribution in [0.4, 0.5) is 0 Å². The van der Waals surface area contributed by atoms with Gasteiger partial charge in [-0.15, -0.1) is 11.8 Å². The van der Waals surface area contributed by atoms with Crippen molar-refractivity contribution in [1.29, 1.82) is 0 Å². The van der Waals surface area contributed by atoms with E-state index in [1.165, 1.54) is 10.5 Å². The first-order valence-electron chi connectivity index (χ1n) is 7.23. The number of rotatable bonds is 5. The van der Waals surface area contributed by atoms with Gasteiger partial charge in [0.1, 0.15) is 12.7 Å². The topological polar surface area (TPSA) is 42.7 Å². The summed E-state index contributed by atoms with van der Waals surface area (Å²) >= 11 is 8.07. The molecule has 0 spiro atoms. The molecule has 1 aromatic carbocycles. The van der Waals surface area contributed by atoms with E-state index < -0.39 is 0 Å². The number of nitrogens with one attached hydrogen (secondary N) is 1. The van der Waals surface area contributed by atoms with Crippen molar-refractivity contribution in [2.24, 2.45) is 0 Å². The highest BCUT2D eigenvalue weighted by Gasteiger charge is 2.22. The van der Waals surface area contributed by atoms with Crippen LogP contribution in [0.2, 0.25) is 5.02 Å². The average molecular weight is 323 g/mol. The minimum Gasteiger partial charge on any atom is -0.307 e. The molecule has 0 amide bonds. The summed E-state index contributed by atoms with van der Waals surface area (Å²) in [4.78, 5) is 5.32. The third-order valence-electron chi connectivity index (χ3n) is 3.75. The molecule has 0 radical (unpaired) electrons. The monoisotopic (exact) mass is 322 g/mol. The Labute approximate surface area is 134 Å². The molecule has 0 saturated carbocycles. The summed E-state index contributed by atoms with van der Waals surface area (Å²) in [6.45, 7) is 3.11. The number of halogens is 1. The lowest BCUT2D eigenvalue weighted by Gasteiger charge is -2.29. The Bertz CT molecular complexity index is 587. The van der Waals surface area contributed by atoms with Crippen LogP contribution >= 0.6 is 23.4 Å². The predicted molar refractivity (Wildman–Crippen MR) is 86.8 cm³/mol. The molecule has 0 fully saturated rings. The van der Waals surface area contributed by atoms with Crippen LogP contribution in [0.5, 0.6) is 0 Å². The van der Waals surface area contributed by atoms with Crippen LogP contribution < -0.4 is 5.32 Å². The maximum atomic E-state index is 6.15. The fourth-order valence-corrected chi connectivity index (χ4v) is 3.93. The normalized spacial score (nSPS) is 19.2. The van der Waals surface area contributed by atoms with Crippen molar-refractivity contribution in [2.75, 3.05) is 5.75 Å². The molecule has 6 heteroatoms. The molecule has 1 aliphatic rings. The molecule has 3 rings (SSSR count). The van der Waals surface area contributed by atoms with Crippen LogP contribution in [0, 0.1) is 0 Å². The van der Waals surface area contributed by atoms with Crippen molar-refractivity contribution < 1.29 is 0 Å². The van der Waals surface area contributed by atoms with Gasteiger partial charge in [-0.05, 0) is 49.3 Å². The van der Waals surface area contributed by atoms with E-state index in [0.29, 0.717) is 12.1 Å². The molecule has 2 atom stereocenters. The smallest absolute Gasteiger partial charge is 0.137 e. The van der Waals surface area contributed by atoms with Gasteiger partial charge in [0.2, 0.25) is 0 Å².